The molecule has 150 valence electrons. The number of piperazine rings is 1. The molecule has 1 saturated carbocycles. The van der Waals surface area contributed by atoms with Crippen LogP contribution in [0.4, 0.5) is 0 Å². The van der Waals surface area contributed by atoms with Gasteiger partial charge in [-0.2, -0.15) is 4.31 Å². The number of benzene rings is 1. The maximum Gasteiger partial charge on any atom is 0.211 e. The van der Waals surface area contributed by atoms with Crippen LogP contribution in [0.1, 0.15) is 42.7 Å². The highest BCUT2D eigenvalue weighted by molar-refractivity contribution is 7.88. The van der Waals surface area contributed by atoms with E-state index in [4.69, 9.17) is 0 Å². The Bertz CT molecular complexity index is 714. The molecule has 2 heterocycles. The lowest BCUT2D eigenvalue weighted by Crippen LogP contribution is -2.50. The monoisotopic (exact) mass is 391 g/mol. The van der Waals surface area contributed by atoms with Crippen molar-refractivity contribution in [1.82, 2.24) is 14.1 Å². The molecule has 1 aliphatic carbocycles. The van der Waals surface area contributed by atoms with Gasteiger partial charge in [0.2, 0.25) is 10.0 Å². The summed E-state index contributed by atoms with van der Waals surface area (Å²) in [6.07, 6.45) is 6.57. The molecule has 2 aliphatic heterocycles. The summed E-state index contributed by atoms with van der Waals surface area (Å²) >= 11 is 0. The van der Waals surface area contributed by atoms with E-state index in [9.17, 15) is 8.42 Å². The molecule has 0 aromatic heterocycles. The fraction of sp³-hybridized carbons (Fsp3) is 0.714. The molecule has 0 amide bonds. The highest BCUT2D eigenvalue weighted by atomic mass is 32.2. The molecule has 6 heteroatoms. The quantitative estimate of drug-likeness (QED) is 0.747. The minimum Gasteiger partial charge on any atom is -0.300 e. The normalized spacial score (nSPS) is 28.3. The predicted molar refractivity (Wildman–Crippen MR) is 109 cm³/mol. The molecule has 1 aromatic carbocycles. The molecule has 0 spiro atoms. The molecule has 0 N–H and O–H groups in total. The van der Waals surface area contributed by atoms with E-state index in [0.29, 0.717) is 19.0 Å². The Morgan fingerprint density at radius 1 is 0.889 bits per heavy atom. The second-order valence-electron chi connectivity index (χ2n) is 8.72. The van der Waals surface area contributed by atoms with Crippen LogP contribution < -0.4 is 0 Å². The van der Waals surface area contributed by atoms with Crippen molar-refractivity contribution < 1.29 is 8.42 Å². The molecule has 0 unspecified atom stereocenters. The molecular weight excluding hydrogens is 358 g/mol. The van der Waals surface area contributed by atoms with Crippen molar-refractivity contribution in [2.45, 2.75) is 38.1 Å². The first-order chi connectivity index (χ1) is 13.0. The average molecular weight is 392 g/mol. The average Bonchev–Trinajstić information content (AvgIpc) is 3.11. The van der Waals surface area contributed by atoms with Crippen molar-refractivity contribution in [3.05, 3.63) is 35.4 Å². The third-order valence-electron chi connectivity index (χ3n) is 6.61. The number of hydrogen-bond donors (Lipinski definition) is 0. The first-order valence-electron chi connectivity index (χ1n) is 10.5. The van der Waals surface area contributed by atoms with Crippen LogP contribution in [-0.4, -0.2) is 74.6 Å². The summed E-state index contributed by atoms with van der Waals surface area (Å²) in [5.41, 5.74) is 2.94. The van der Waals surface area contributed by atoms with Gasteiger partial charge in [-0.15, -0.1) is 0 Å². The third-order valence-corrected chi connectivity index (χ3v) is 7.91. The van der Waals surface area contributed by atoms with Crippen molar-refractivity contribution in [3.63, 3.8) is 0 Å². The van der Waals surface area contributed by atoms with E-state index < -0.39 is 10.0 Å². The summed E-state index contributed by atoms with van der Waals surface area (Å²) in [7, 11) is -3.02. The lowest BCUT2D eigenvalue weighted by Gasteiger charge is -2.41. The first kappa shape index (κ1) is 19.4. The number of likely N-dealkylation sites (tertiary alicyclic amines) is 1. The van der Waals surface area contributed by atoms with Gasteiger partial charge in [0.05, 0.1) is 6.26 Å². The van der Waals surface area contributed by atoms with Crippen LogP contribution in [0.3, 0.4) is 0 Å². The van der Waals surface area contributed by atoms with Gasteiger partial charge in [-0.3, -0.25) is 4.90 Å². The van der Waals surface area contributed by atoms with Crippen molar-refractivity contribution in [1.29, 1.82) is 0 Å². The summed E-state index contributed by atoms with van der Waals surface area (Å²) in [5.74, 6) is 1.48. The standard InChI is InChI=1S/C21H33N3O2S/c1-27(25,26)24-12-10-23(11-13-24)17-19-14-21(15-19)20-6-4-18(5-7-20)16-22-8-2-3-9-22/h4-7,19,21H,2-3,8-17H2,1H3/t19-,21-. The number of hydrogen-bond acceptors (Lipinski definition) is 4. The summed E-state index contributed by atoms with van der Waals surface area (Å²) in [6, 6.07) is 9.34. The second kappa shape index (κ2) is 8.19. The van der Waals surface area contributed by atoms with E-state index in [-0.39, 0.29) is 0 Å². The van der Waals surface area contributed by atoms with Crippen LogP contribution in [0.25, 0.3) is 0 Å². The van der Waals surface area contributed by atoms with Crippen LogP contribution >= 0.6 is 0 Å². The minimum atomic E-state index is -3.02. The summed E-state index contributed by atoms with van der Waals surface area (Å²) in [4.78, 5) is 5.00. The van der Waals surface area contributed by atoms with E-state index in [1.165, 1.54) is 56.2 Å². The van der Waals surface area contributed by atoms with E-state index >= 15 is 0 Å². The van der Waals surface area contributed by atoms with Gasteiger partial charge in [-0.1, -0.05) is 24.3 Å². The SMILES string of the molecule is CS(=O)(=O)N1CCN(C[C@H]2C[C@H](c3ccc(CN4CCCC4)cc3)C2)CC1. The Hall–Kier alpha value is -0.950. The van der Waals surface area contributed by atoms with E-state index in [1.807, 2.05) is 0 Å². The Labute approximate surface area is 164 Å². The molecular formula is C21H33N3O2S. The fourth-order valence-corrected chi connectivity index (χ4v) is 5.69. The fourth-order valence-electron chi connectivity index (χ4n) is 4.86. The lowest BCUT2D eigenvalue weighted by atomic mass is 9.71. The number of nitrogens with zero attached hydrogens (tertiary/aromatic N) is 3. The lowest BCUT2D eigenvalue weighted by molar-refractivity contribution is 0.124. The molecule has 3 fully saturated rings. The molecule has 0 radical (unpaired) electrons. The maximum absolute atomic E-state index is 11.6. The molecule has 1 aromatic rings. The zero-order chi connectivity index (χ0) is 18.9. The largest absolute Gasteiger partial charge is 0.300 e. The highest BCUT2D eigenvalue weighted by Crippen LogP contribution is 2.42. The third kappa shape index (κ3) is 4.91. The summed E-state index contributed by atoms with van der Waals surface area (Å²) < 4.78 is 24.8. The molecule has 0 atom stereocenters. The van der Waals surface area contributed by atoms with Gasteiger partial charge in [-0.05, 0) is 61.7 Å². The zero-order valence-corrected chi connectivity index (χ0v) is 17.3. The molecule has 0 bridgehead atoms. The van der Waals surface area contributed by atoms with Crippen molar-refractivity contribution >= 4 is 10.0 Å². The summed E-state index contributed by atoms with van der Waals surface area (Å²) in [6.45, 7) is 7.78. The van der Waals surface area contributed by atoms with Crippen LogP contribution in [0.2, 0.25) is 0 Å². The predicted octanol–water partition coefficient (Wildman–Crippen LogP) is 2.35. The van der Waals surface area contributed by atoms with Crippen LogP contribution in [0.15, 0.2) is 24.3 Å². The Kier molecular flexibility index (Phi) is 5.88. The van der Waals surface area contributed by atoms with Crippen molar-refractivity contribution in [2.24, 2.45) is 5.92 Å². The molecule has 5 nitrogen and oxygen atoms in total. The van der Waals surface area contributed by atoms with Crippen molar-refractivity contribution in [3.8, 4) is 0 Å². The van der Waals surface area contributed by atoms with Crippen LogP contribution in [0, 0.1) is 5.92 Å². The Morgan fingerprint density at radius 3 is 2.11 bits per heavy atom. The smallest absolute Gasteiger partial charge is 0.211 e. The van der Waals surface area contributed by atoms with Crippen molar-refractivity contribution in [2.75, 3.05) is 52.1 Å². The molecule has 3 aliphatic rings. The molecule has 4 rings (SSSR count). The molecule has 2 saturated heterocycles. The van der Waals surface area contributed by atoms with Gasteiger partial charge in [0.15, 0.2) is 0 Å². The van der Waals surface area contributed by atoms with E-state index in [1.54, 1.807) is 4.31 Å². The van der Waals surface area contributed by atoms with Gasteiger partial charge >= 0.3 is 0 Å². The van der Waals surface area contributed by atoms with Gasteiger partial charge in [0, 0.05) is 39.3 Å². The van der Waals surface area contributed by atoms with E-state index in [2.05, 4.69) is 34.1 Å². The Morgan fingerprint density at radius 2 is 1.52 bits per heavy atom. The van der Waals surface area contributed by atoms with Gasteiger partial charge < -0.3 is 4.90 Å². The maximum atomic E-state index is 11.6. The topological polar surface area (TPSA) is 43.9 Å². The highest BCUT2D eigenvalue weighted by Gasteiger charge is 2.33. The van der Waals surface area contributed by atoms with Gasteiger partial charge in [0.1, 0.15) is 0 Å². The second-order valence-corrected chi connectivity index (χ2v) is 10.7. The van der Waals surface area contributed by atoms with Gasteiger partial charge in [-0.25, -0.2) is 8.42 Å². The number of rotatable bonds is 6. The minimum absolute atomic E-state index is 0.646. The Balaban J connectivity index is 1.19. The first-order valence-corrected chi connectivity index (χ1v) is 12.3. The summed E-state index contributed by atoms with van der Waals surface area (Å²) in [5, 5.41) is 0. The van der Waals surface area contributed by atoms with Crippen LogP contribution in [-0.2, 0) is 16.6 Å². The number of sulfonamides is 1. The van der Waals surface area contributed by atoms with E-state index in [0.717, 1.165) is 32.1 Å². The van der Waals surface area contributed by atoms with Gasteiger partial charge in [0.25, 0.3) is 0 Å². The zero-order valence-electron chi connectivity index (χ0n) is 16.5. The van der Waals surface area contributed by atoms with Crippen LogP contribution in [0.5, 0.6) is 0 Å². The molecule has 27 heavy (non-hydrogen) atoms.